The van der Waals surface area contributed by atoms with Gasteiger partial charge in [0, 0.05) is 27.0 Å². The standard InChI is InChI=1S/C23H17Cl3N4OS/c1-14-6-8-18(9-7-14)30-22(19-4-2-3-5-20(19)26)28-29-23(30)32-13-21(31)27-17-11-15(24)10-16(25)12-17/h2-12H,13H2,1H3,(H,27,31). The number of hydrogen-bond acceptors (Lipinski definition) is 4. The zero-order chi connectivity index (χ0) is 22.7. The highest BCUT2D eigenvalue weighted by Crippen LogP contribution is 2.32. The Bertz CT molecular complexity index is 1250. The Morgan fingerprint density at radius 2 is 1.66 bits per heavy atom. The first-order chi connectivity index (χ1) is 15.4. The number of carbonyl (C=O) groups is 1. The lowest BCUT2D eigenvalue weighted by Crippen LogP contribution is -2.14. The summed E-state index contributed by atoms with van der Waals surface area (Å²) in [4.78, 5) is 12.5. The van der Waals surface area contributed by atoms with Gasteiger partial charge in [0.1, 0.15) is 0 Å². The maximum atomic E-state index is 12.5. The van der Waals surface area contributed by atoms with E-state index in [2.05, 4.69) is 15.5 Å². The van der Waals surface area contributed by atoms with Gasteiger partial charge in [-0.05, 0) is 49.4 Å². The molecule has 0 unspecified atom stereocenters. The number of thioether (sulfide) groups is 1. The number of carbonyl (C=O) groups excluding carboxylic acids is 1. The quantitative estimate of drug-likeness (QED) is 0.290. The summed E-state index contributed by atoms with van der Waals surface area (Å²) in [6.45, 7) is 2.02. The lowest BCUT2D eigenvalue weighted by Gasteiger charge is -2.12. The number of nitrogens with zero attached hydrogens (tertiary/aromatic N) is 3. The van der Waals surface area contributed by atoms with Crippen molar-refractivity contribution in [2.24, 2.45) is 0 Å². The van der Waals surface area contributed by atoms with Gasteiger partial charge in [-0.2, -0.15) is 0 Å². The molecule has 0 saturated carbocycles. The van der Waals surface area contributed by atoms with Crippen LogP contribution < -0.4 is 5.32 Å². The number of halogens is 3. The summed E-state index contributed by atoms with van der Waals surface area (Å²) in [5.41, 5.74) is 3.30. The molecule has 0 atom stereocenters. The van der Waals surface area contributed by atoms with Gasteiger partial charge in [-0.15, -0.1) is 10.2 Å². The van der Waals surface area contributed by atoms with E-state index in [1.165, 1.54) is 11.8 Å². The topological polar surface area (TPSA) is 59.8 Å². The van der Waals surface area contributed by atoms with Crippen molar-refractivity contribution in [2.75, 3.05) is 11.1 Å². The number of aryl methyl sites for hydroxylation is 1. The molecule has 0 aliphatic carbocycles. The summed E-state index contributed by atoms with van der Waals surface area (Å²) in [5.74, 6) is 0.506. The van der Waals surface area contributed by atoms with Crippen LogP contribution >= 0.6 is 46.6 Å². The van der Waals surface area contributed by atoms with Crippen LogP contribution in [-0.4, -0.2) is 26.4 Å². The molecule has 1 aromatic heterocycles. The maximum absolute atomic E-state index is 12.5. The molecule has 1 N–H and O–H groups in total. The highest BCUT2D eigenvalue weighted by atomic mass is 35.5. The molecule has 0 radical (unpaired) electrons. The monoisotopic (exact) mass is 502 g/mol. The van der Waals surface area contributed by atoms with Crippen LogP contribution in [-0.2, 0) is 4.79 Å². The van der Waals surface area contributed by atoms with Crippen LogP contribution in [0.2, 0.25) is 15.1 Å². The molecule has 1 amide bonds. The van der Waals surface area contributed by atoms with Gasteiger partial charge in [0.25, 0.3) is 0 Å². The third-order valence-electron chi connectivity index (χ3n) is 4.52. The Morgan fingerprint density at radius 1 is 0.969 bits per heavy atom. The molecule has 9 heteroatoms. The minimum atomic E-state index is -0.217. The number of amides is 1. The van der Waals surface area contributed by atoms with Crippen molar-refractivity contribution in [3.63, 3.8) is 0 Å². The second-order valence-electron chi connectivity index (χ2n) is 6.95. The number of anilines is 1. The number of aromatic nitrogens is 3. The Labute approximate surface area is 204 Å². The molecule has 5 nitrogen and oxygen atoms in total. The van der Waals surface area contributed by atoms with Crippen LogP contribution in [0.1, 0.15) is 5.56 Å². The smallest absolute Gasteiger partial charge is 0.234 e. The van der Waals surface area contributed by atoms with E-state index >= 15 is 0 Å². The average Bonchev–Trinajstić information content (AvgIpc) is 3.16. The molecule has 4 rings (SSSR count). The van der Waals surface area contributed by atoms with E-state index in [0.717, 1.165) is 16.8 Å². The average molecular weight is 504 g/mol. The normalized spacial score (nSPS) is 10.9. The van der Waals surface area contributed by atoms with E-state index in [1.807, 2.05) is 54.0 Å². The zero-order valence-corrected chi connectivity index (χ0v) is 19.9. The van der Waals surface area contributed by atoms with Crippen molar-refractivity contribution in [3.05, 3.63) is 87.4 Å². The molecule has 4 aromatic rings. The Hall–Kier alpha value is -2.51. The van der Waals surface area contributed by atoms with Gasteiger partial charge in [0.15, 0.2) is 11.0 Å². The maximum Gasteiger partial charge on any atom is 0.234 e. The van der Waals surface area contributed by atoms with Crippen molar-refractivity contribution >= 4 is 58.2 Å². The van der Waals surface area contributed by atoms with Crippen molar-refractivity contribution < 1.29 is 4.79 Å². The molecule has 0 fully saturated rings. The van der Waals surface area contributed by atoms with E-state index in [9.17, 15) is 4.79 Å². The second kappa shape index (κ2) is 9.96. The molecule has 0 saturated heterocycles. The first kappa shape index (κ1) is 22.7. The molecule has 0 aliphatic rings. The Kier molecular flexibility index (Phi) is 7.06. The van der Waals surface area contributed by atoms with Gasteiger partial charge >= 0.3 is 0 Å². The van der Waals surface area contributed by atoms with Gasteiger partial charge in [0.05, 0.1) is 10.8 Å². The number of hydrogen-bond donors (Lipinski definition) is 1. The van der Waals surface area contributed by atoms with Crippen molar-refractivity contribution in [2.45, 2.75) is 12.1 Å². The Balaban J connectivity index is 1.61. The summed E-state index contributed by atoms with van der Waals surface area (Å²) < 4.78 is 1.90. The first-order valence-electron chi connectivity index (χ1n) is 9.57. The summed E-state index contributed by atoms with van der Waals surface area (Å²) in [6.07, 6.45) is 0. The molecule has 32 heavy (non-hydrogen) atoms. The fourth-order valence-corrected chi connectivity index (χ4v) is 4.56. The van der Waals surface area contributed by atoms with Gasteiger partial charge < -0.3 is 5.32 Å². The van der Waals surface area contributed by atoms with E-state index in [1.54, 1.807) is 24.3 Å². The Morgan fingerprint density at radius 3 is 2.34 bits per heavy atom. The van der Waals surface area contributed by atoms with Crippen molar-refractivity contribution in [1.29, 1.82) is 0 Å². The second-order valence-corrected chi connectivity index (χ2v) is 9.17. The lowest BCUT2D eigenvalue weighted by molar-refractivity contribution is -0.113. The predicted molar refractivity (Wildman–Crippen MR) is 132 cm³/mol. The zero-order valence-electron chi connectivity index (χ0n) is 16.8. The van der Waals surface area contributed by atoms with Crippen molar-refractivity contribution in [3.8, 4) is 17.1 Å². The highest BCUT2D eigenvalue weighted by molar-refractivity contribution is 7.99. The molecular formula is C23H17Cl3N4OS. The van der Waals surface area contributed by atoms with E-state index in [-0.39, 0.29) is 11.7 Å². The minimum Gasteiger partial charge on any atom is -0.325 e. The van der Waals surface area contributed by atoms with Crippen LogP contribution in [0, 0.1) is 6.92 Å². The highest BCUT2D eigenvalue weighted by Gasteiger charge is 2.19. The van der Waals surface area contributed by atoms with Crippen LogP contribution in [0.15, 0.2) is 71.9 Å². The van der Waals surface area contributed by atoms with Crippen LogP contribution in [0.3, 0.4) is 0 Å². The lowest BCUT2D eigenvalue weighted by atomic mass is 10.2. The SMILES string of the molecule is Cc1ccc(-n2c(SCC(=O)Nc3cc(Cl)cc(Cl)c3)nnc2-c2ccccc2Cl)cc1. The van der Waals surface area contributed by atoms with Crippen LogP contribution in [0.5, 0.6) is 0 Å². The summed E-state index contributed by atoms with van der Waals surface area (Å²) in [5, 5.41) is 13.5. The van der Waals surface area contributed by atoms with Crippen LogP contribution in [0.4, 0.5) is 5.69 Å². The van der Waals surface area contributed by atoms with E-state index < -0.39 is 0 Å². The molecule has 3 aromatic carbocycles. The third-order valence-corrected chi connectivity index (χ3v) is 6.21. The number of benzene rings is 3. The molecule has 0 spiro atoms. The van der Waals surface area contributed by atoms with Gasteiger partial charge in [-0.25, -0.2) is 0 Å². The fourth-order valence-electron chi connectivity index (χ4n) is 3.06. The molecular weight excluding hydrogens is 487 g/mol. The largest absolute Gasteiger partial charge is 0.325 e. The van der Waals surface area contributed by atoms with Crippen molar-refractivity contribution in [1.82, 2.24) is 14.8 Å². The molecule has 162 valence electrons. The fraction of sp³-hybridized carbons (Fsp3) is 0.0870. The first-order valence-corrected chi connectivity index (χ1v) is 11.7. The van der Waals surface area contributed by atoms with Gasteiger partial charge in [0.2, 0.25) is 5.91 Å². The molecule has 0 aliphatic heterocycles. The minimum absolute atomic E-state index is 0.122. The van der Waals surface area contributed by atoms with E-state index in [0.29, 0.717) is 31.7 Å². The molecule has 0 bridgehead atoms. The number of nitrogens with one attached hydrogen (secondary N) is 1. The summed E-state index contributed by atoms with van der Waals surface area (Å²) in [7, 11) is 0. The van der Waals surface area contributed by atoms with Gasteiger partial charge in [-0.1, -0.05) is 76.4 Å². The molecule has 1 heterocycles. The van der Waals surface area contributed by atoms with Gasteiger partial charge in [-0.3, -0.25) is 9.36 Å². The van der Waals surface area contributed by atoms with Crippen LogP contribution in [0.25, 0.3) is 17.1 Å². The summed E-state index contributed by atoms with van der Waals surface area (Å²) >= 11 is 19.7. The van der Waals surface area contributed by atoms with E-state index in [4.69, 9.17) is 34.8 Å². The number of rotatable bonds is 6. The summed E-state index contributed by atoms with van der Waals surface area (Å²) in [6, 6.07) is 20.3. The third kappa shape index (κ3) is 5.27. The predicted octanol–water partition coefficient (Wildman–Crippen LogP) is 6.93.